The Morgan fingerprint density at radius 3 is 2.16 bits per heavy atom. The first-order valence-corrected chi connectivity index (χ1v) is 6.36. The molecule has 19 heavy (non-hydrogen) atoms. The molecule has 1 rings (SSSR count). The molecule has 0 saturated heterocycles. The van der Waals surface area contributed by atoms with Crippen molar-refractivity contribution in [3.8, 4) is 0 Å². The molecule has 104 valence electrons. The number of hydrogen-bond donors (Lipinski definition) is 0. The van der Waals surface area contributed by atoms with Gasteiger partial charge in [0.05, 0.1) is 18.6 Å². The highest BCUT2D eigenvalue weighted by Crippen LogP contribution is 2.17. The van der Waals surface area contributed by atoms with Crippen molar-refractivity contribution >= 4 is 11.9 Å². The van der Waals surface area contributed by atoms with E-state index in [-0.39, 0.29) is 25.0 Å². The number of ether oxygens (including phenoxy) is 2. The Morgan fingerprint density at radius 1 is 1.05 bits per heavy atom. The molecule has 0 aliphatic carbocycles. The van der Waals surface area contributed by atoms with Crippen LogP contribution in [-0.4, -0.2) is 25.2 Å². The van der Waals surface area contributed by atoms with Gasteiger partial charge in [-0.3, -0.25) is 4.79 Å². The molecule has 0 N–H and O–H groups in total. The predicted octanol–water partition coefficient (Wildman–Crippen LogP) is 2.72. The van der Waals surface area contributed by atoms with Gasteiger partial charge in [0, 0.05) is 0 Å². The van der Waals surface area contributed by atoms with Crippen LogP contribution in [0.1, 0.15) is 40.4 Å². The second-order valence-corrected chi connectivity index (χ2v) is 4.46. The van der Waals surface area contributed by atoms with Crippen LogP contribution in [0.3, 0.4) is 0 Å². The molecule has 0 aliphatic heterocycles. The minimum Gasteiger partial charge on any atom is -0.466 e. The molecule has 0 saturated carbocycles. The van der Waals surface area contributed by atoms with E-state index in [2.05, 4.69) is 0 Å². The summed E-state index contributed by atoms with van der Waals surface area (Å²) in [5, 5.41) is 0. The molecule has 0 heterocycles. The van der Waals surface area contributed by atoms with Gasteiger partial charge in [0.25, 0.3) is 0 Å². The van der Waals surface area contributed by atoms with E-state index in [1.807, 2.05) is 32.9 Å². The first-order chi connectivity index (χ1) is 8.95. The van der Waals surface area contributed by atoms with E-state index < -0.39 is 0 Å². The standard InChI is InChI=1S/C15H20O4/c1-5-18-13(16)6-7-19-15(17)14-11(3)8-10(2)9-12(14)4/h8-9H,5-7H2,1-4H3. The van der Waals surface area contributed by atoms with Gasteiger partial charge < -0.3 is 9.47 Å². The fourth-order valence-electron chi connectivity index (χ4n) is 2.03. The van der Waals surface area contributed by atoms with E-state index in [4.69, 9.17) is 9.47 Å². The smallest absolute Gasteiger partial charge is 0.338 e. The summed E-state index contributed by atoms with van der Waals surface area (Å²) in [4.78, 5) is 23.1. The molecule has 0 spiro atoms. The third-order valence-electron chi connectivity index (χ3n) is 2.73. The van der Waals surface area contributed by atoms with Gasteiger partial charge in [-0.2, -0.15) is 0 Å². The second kappa shape index (κ2) is 6.92. The van der Waals surface area contributed by atoms with Crippen LogP contribution in [0.15, 0.2) is 12.1 Å². The molecule has 0 aliphatic rings. The third kappa shape index (κ3) is 4.39. The third-order valence-corrected chi connectivity index (χ3v) is 2.73. The Kier molecular flexibility index (Phi) is 5.55. The van der Waals surface area contributed by atoms with Gasteiger partial charge in [-0.05, 0) is 38.8 Å². The van der Waals surface area contributed by atoms with Crippen LogP contribution in [0.5, 0.6) is 0 Å². The normalized spacial score (nSPS) is 10.1. The number of benzene rings is 1. The molecule has 4 heteroatoms. The van der Waals surface area contributed by atoms with Crippen LogP contribution in [0.4, 0.5) is 0 Å². The number of aryl methyl sites for hydroxylation is 3. The van der Waals surface area contributed by atoms with Gasteiger partial charge in [0.15, 0.2) is 0 Å². The summed E-state index contributed by atoms with van der Waals surface area (Å²) >= 11 is 0. The number of esters is 2. The lowest BCUT2D eigenvalue weighted by Crippen LogP contribution is -2.14. The second-order valence-electron chi connectivity index (χ2n) is 4.46. The summed E-state index contributed by atoms with van der Waals surface area (Å²) in [7, 11) is 0. The van der Waals surface area contributed by atoms with Crippen LogP contribution < -0.4 is 0 Å². The largest absolute Gasteiger partial charge is 0.466 e. The van der Waals surface area contributed by atoms with Crippen molar-refractivity contribution < 1.29 is 19.1 Å². The van der Waals surface area contributed by atoms with Gasteiger partial charge >= 0.3 is 11.9 Å². The average Bonchev–Trinajstić information content (AvgIpc) is 2.27. The Morgan fingerprint density at radius 2 is 1.63 bits per heavy atom. The van der Waals surface area contributed by atoms with Crippen molar-refractivity contribution in [3.05, 3.63) is 34.4 Å². The summed E-state index contributed by atoms with van der Waals surface area (Å²) in [6.07, 6.45) is 0.0868. The lowest BCUT2D eigenvalue weighted by atomic mass is 10.00. The molecule has 0 atom stereocenters. The maximum absolute atomic E-state index is 12.0. The van der Waals surface area contributed by atoms with E-state index in [9.17, 15) is 9.59 Å². The lowest BCUT2D eigenvalue weighted by Gasteiger charge is -2.10. The van der Waals surface area contributed by atoms with Crippen molar-refractivity contribution in [3.63, 3.8) is 0 Å². The monoisotopic (exact) mass is 264 g/mol. The highest BCUT2D eigenvalue weighted by atomic mass is 16.5. The topological polar surface area (TPSA) is 52.6 Å². The van der Waals surface area contributed by atoms with Crippen LogP contribution in [-0.2, 0) is 14.3 Å². The summed E-state index contributed by atoms with van der Waals surface area (Å²) in [5.41, 5.74) is 3.46. The summed E-state index contributed by atoms with van der Waals surface area (Å²) in [5.74, 6) is -0.744. The predicted molar refractivity (Wildman–Crippen MR) is 72.2 cm³/mol. The quantitative estimate of drug-likeness (QED) is 0.767. The summed E-state index contributed by atoms with van der Waals surface area (Å²) in [6.45, 7) is 7.86. The average molecular weight is 264 g/mol. The molecule has 1 aromatic carbocycles. The van der Waals surface area contributed by atoms with Crippen molar-refractivity contribution in [2.75, 3.05) is 13.2 Å². The zero-order chi connectivity index (χ0) is 14.4. The minimum atomic E-state index is -0.390. The van der Waals surface area contributed by atoms with Crippen LogP contribution in [0, 0.1) is 20.8 Å². The van der Waals surface area contributed by atoms with Gasteiger partial charge in [0.2, 0.25) is 0 Å². The van der Waals surface area contributed by atoms with Gasteiger partial charge in [-0.25, -0.2) is 4.79 Å². The molecule has 0 amide bonds. The number of hydrogen-bond acceptors (Lipinski definition) is 4. The highest BCUT2D eigenvalue weighted by molar-refractivity contribution is 5.92. The Hall–Kier alpha value is -1.84. The molecule has 0 aromatic heterocycles. The molecule has 0 fully saturated rings. The van der Waals surface area contributed by atoms with Crippen LogP contribution in [0.2, 0.25) is 0 Å². The molecule has 4 nitrogen and oxygen atoms in total. The maximum atomic E-state index is 12.0. The zero-order valence-electron chi connectivity index (χ0n) is 11.9. The number of carbonyl (C=O) groups excluding carboxylic acids is 2. The molecule has 0 radical (unpaired) electrons. The van der Waals surface area contributed by atoms with Gasteiger partial charge in [0.1, 0.15) is 6.61 Å². The Balaban J connectivity index is 2.62. The first kappa shape index (κ1) is 15.2. The Bertz CT molecular complexity index is 454. The van der Waals surface area contributed by atoms with Crippen LogP contribution >= 0.6 is 0 Å². The fourth-order valence-corrected chi connectivity index (χ4v) is 2.03. The van der Waals surface area contributed by atoms with Gasteiger partial charge in [-0.1, -0.05) is 17.7 Å². The molecule has 0 unspecified atom stereocenters. The highest BCUT2D eigenvalue weighted by Gasteiger charge is 2.14. The van der Waals surface area contributed by atoms with E-state index in [0.717, 1.165) is 16.7 Å². The summed E-state index contributed by atoms with van der Waals surface area (Å²) < 4.78 is 9.87. The van der Waals surface area contributed by atoms with Crippen molar-refractivity contribution in [1.29, 1.82) is 0 Å². The van der Waals surface area contributed by atoms with Crippen LogP contribution in [0.25, 0.3) is 0 Å². The SMILES string of the molecule is CCOC(=O)CCOC(=O)c1c(C)cc(C)cc1C. The zero-order valence-corrected chi connectivity index (χ0v) is 11.9. The fraction of sp³-hybridized carbons (Fsp3) is 0.467. The summed E-state index contributed by atoms with van der Waals surface area (Å²) in [6, 6.07) is 3.88. The molecule has 1 aromatic rings. The lowest BCUT2D eigenvalue weighted by molar-refractivity contribution is -0.143. The van der Waals surface area contributed by atoms with Crippen molar-refractivity contribution in [2.45, 2.75) is 34.1 Å². The molecule has 0 bridgehead atoms. The number of carbonyl (C=O) groups is 2. The van der Waals surface area contributed by atoms with E-state index >= 15 is 0 Å². The van der Waals surface area contributed by atoms with Gasteiger partial charge in [-0.15, -0.1) is 0 Å². The minimum absolute atomic E-state index is 0.0461. The van der Waals surface area contributed by atoms with E-state index in [0.29, 0.717) is 12.2 Å². The van der Waals surface area contributed by atoms with E-state index in [1.165, 1.54) is 0 Å². The molecular weight excluding hydrogens is 244 g/mol. The van der Waals surface area contributed by atoms with E-state index in [1.54, 1.807) is 6.92 Å². The van der Waals surface area contributed by atoms with Crippen molar-refractivity contribution in [1.82, 2.24) is 0 Å². The van der Waals surface area contributed by atoms with Crippen molar-refractivity contribution in [2.24, 2.45) is 0 Å². The Labute approximate surface area is 113 Å². The number of rotatable bonds is 5. The first-order valence-electron chi connectivity index (χ1n) is 6.36. The maximum Gasteiger partial charge on any atom is 0.338 e. The molecular formula is C15H20O4.